The molecule has 0 bridgehead atoms. The van der Waals surface area contributed by atoms with Gasteiger partial charge in [-0.2, -0.15) is 5.26 Å². The highest BCUT2D eigenvalue weighted by atomic mass is 19.3. The number of nitriles is 1. The molecule has 3 amide bonds. The summed E-state index contributed by atoms with van der Waals surface area (Å²) in [6.45, 7) is 0.135. The maximum Gasteiger partial charge on any atom is 0.268 e. The van der Waals surface area contributed by atoms with Gasteiger partial charge in [-0.15, -0.1) is 0 Å². The van der Waals surface area contributed by atoms with Gasteiger partial charge in [0.2, 0.25) is 5.91 Å². The number of hydrogen-bond donors (Lipinski definition) is 3. The number of carbonyl (C=O) groups excluding carboxylic acids is 3. The van der Waals surface area contributed by atoms with Crippen molar-refractivity contribution in [3.05, 3.63) is 58.9 Å². The fraction of sp³-hybridized carbons (Fsp3) is 0.348. The van der Waals surface area contributed by atoms with Crippen molar-refractivity contribution in [1.29, 1.82) is 5.26 Å². The number of amides is 3. The second kappa shape index (κ2) is 9.52. The van der Waals surface area contributed by atoms with Crippen molar-refractivity contribution in [2.75, 3.05) is 25.0 Å². The van der Waals surface area contributed by atoms with Gasteiger partial charge in [-0.05, 0) is 42.3 Å². The molecule has 11 heteroatoms. The van der Waals surface area contributed by atoms with Gasteiger partial charge in [0.15, 0.2) is 0 Å². The molecule has 9 nitrogen and oxygen atoms in total. The molecule has 1 fully saturated rings. The van der Waals surface area contributed by atoms with E-state index in [0.29, 0.717) is 5.56 Å². The summed E-state index contributed by atoms with van der Waals surface area (Å²) in [5.41, 5.74) is 2.84. The van der Waals surface area contributed by atoms with E-state index in [1.54, 1.807) is 12.1 Å². The smallest absolute Gasteiger partial charge is 0.268 e. The van der Waals surface area contributed by atoms with Crippen LogP contribution in [-0.4, -0.2) is 59.2 Å². The number of likely N-dealkylation sites (tertiary alicyclic amines) is 1. The molecule has 1 unspecified atom stereocenters. The number of pyridine rings is 1. The van der Waals surface area contributed by atoms with E-state index in [2.05, 4.69) is 20.9 Å². The Kier molecular flexibility index (Phi) is 6.51. The van der Waals surface area contributed by atoms with Crippen molar-refractivity contribution in [3.8, 4) is 6.07 Å². The van der Waals surface area contributed by atoms with Crippen LogP contribution in [0.15, 0.2) is 36.7 Å². The van der Waals surface area contributed by atoms with Gasteiger partial charge in [0, 0.05) is 24.7 Å². The number of nitrogens with zero attached hydrogens (tertiary/aromatic N) is 3. The molecule has 1 aromatic heterocycles. The molecule has 34 heavy (non-hydrogen) atoms. The fourth-order valence-corrected chi connectivity index (χ4v) is 4.05. The summed E-state index contributed by atoms with van der Waals surface area (Å²) < 4.78 is 27.2. The Bertz CT molecular complexity index is 1180. The largest absolute Gasteiger partial charge is 0.343 e. The number of aromatic nitrogens is 1. The van der Waals surface area contributed by atoms with E-state index in [0.717, 1.165) is 35.5 Å². The molecule has 2 aliphatic rings. The average molecular weight is 468 g/mol. The molecule has 0 saturated carbocycles. The van der Waals surface area contributed by atoms with Crippen LogP contribution in [0.5, 0.6) is 0 Å². The summed E-state index contributed by atoms with van der Waals surface area (Å²) >= 11 is 0. The highest BCUT2D eigenvalue weighted by Crippen LogP contribution is 2.31. The van der Waals surface area contributed by atoms with Crippen molar-refractivity contribution >= 4 is 23.4 Å². The third kappa shape index (κ3) is 5.02. The Balaban J connectivity index is 1.42. The standard InChI is InChI=1S/C23H22F2N6O3/c24-23(25)8-17(9-26)31(13-23)20(32)12-29-22(34)18-4-6-28-11-19(18)30-21(33)15-1-2-16-10-27-5-3-14(16)7-15/h1-2,4,6-7,11,17,27H,3,5,8,10,12-13H2,(H,29,34)(H,30,33). The maximum absolute atomic E-state index is 13.6. The Morgan fingerprint density at radius 3 is 2.85 bits per heavy atom. The Hall–Kier alpha value is -3.91. The zero-order valence-electron chi connectivity index (χ0n) is 18.1. The van der Waals surface area contributed by atoms with E-state index < -0.39 is 49.2 Å². The monoisotopic (exact) mass is 468 g/mol. The summed E-state index contributed by atoms with van der Waals surface area (Å²) in [7, 11) is 0. The van der Waals surface area contributed by atoms with Crippen LogP contribution in [0.3, 0.4) is 0 Å². The average Bonchev–Trinajstić information content (AvgIpc) is 3.17. The van der Waals surface area contributed by atoms with Gasteiger partial charge in [0.25, 0.3) is 17.7 Å². The predicted octanol–water partition coefficient (Wildman–Crippen LogP) is 1.47. The van der Waals surface area contributed by atoms with Gasteiger partial charge < -0.3 is 20.9 Å². The van der Waals surface area contributed by atoms with Gasteiger partial charge in [-0.1, -0.05) is 6.07 Å². The summed E-state index contributed by atoms with van der Waals surface area (Å²) in [5.74, 6) is -5.05. The topological polar surface area (TPSA) is 127 Å². The molecular weight excluding hydrogens is 446 g/mol. The molecule has 1 atom stereocenters. The van der Waals surface area contributed by atoms with Crippen molar-refractivity contribution in [3.63, 3.8) is 0 Å². The van der Waals surface area contributed by atoms with Crippen LogP contribution in [0.25, 0.3) is 0 Å². The molecule has 2 aliphatic heterocycles. The van der Waals surface area contributed by atoms with Crippen LogP contribution < -0.4 is 16.0 Å². The molecule has 3 N–H and O–H groups in total. The zero-order chi connectivity index (χ0) is 24.3. The van der Waals surface area contributed by atoms with E-state index in [4.69, 9.17) is 5.26 Å². The lowest BCUT2D eigenvalue weighted by atomic mass is 9.98. The number of anilines is 1. The summed E-state index contributed by atoms with van der Waals surface area (Å²) in [4.78, 5) is 42.5. The normalized spacial score (nSPS) is 18.5. The van der Waals surface area contributed by atoms with E-state index >= 15 is 0 Å². The van der Waals surface area contributed by atoms with Crippen molar-refractivity contribution in [2.24, 2.45) is 0 Å². The van der Waals surface area contributed by atoms with Gasteiger partial charge in [0.1, 0.15) is 6.04 Å². The molecule has 1 aromatic carbocycles. The molecule has 0 spiro atoms. The van der Waals surface area contributed by atoms with Crippen LogP contribution in [0.4, 0.5) is 14.5 Å². The first kappa shape index (κ1) is 23.3. The SMILES string of the molecule is N#CC1CC(F)(F)CN1C(=O)CNC(=O)c1ccncc1NC(=O)c1ccc2c(c1)CCNC2. The Morgan fingerprint density at radius 1 is 1.24 bits per heavy atom. The lowest BCUT2D eigenvalue weighted by molar-refractivity contribution is -0.131. The number of fused-ring (bicyclic) bond motifs is 1. The van der Waals surface area contributed by atoms with Crippen LogP contribution in [-0.2, 0) is 17.8 Å². The zero-order valence-corrected chi connectivity index (χ0v) is 18.1. The summed E-state index contributed by atoms with van der Waals surface area (Å²) in [5, 5.41) is 17.3. The van der Waals surface area contributed by atoms with Gasteiger partial charge in [-0.25, -0.2) is 8.78 Å². The number of alkyl halides is 2. The van der Waals surface area contributed by atoms with Gasteiger partial charge >= 0.3 is 0 Å². The quantitative estimate of drug-likeness (QED) is 0.610. The van der Waals surface area contributed by atoms with E-state index in [9.17, 15) is 23.2 Å². The van der Waals surface area contributed by atoms with Crippen LogP contribution in [0.2, 0.25) is 0 Å². The maximum atomic E-state index is 13.6. The molecule has 0 aliphatic carbocycles. The molecule has 176 valence electrons. The van der Waals surface area contributed by atoms with Crippen molar-refractivity contribution in [1.82, 2.24) is 20.5 Å². The lowest BCUT2D eigenvalue weighted by Gasteiger charge is -2.19. The number of hydrogen-bond acceptors (Lipinski definition) is 6. The third-order valence-corrected chi connectivity index (χ3v) is 5.81. The van der Waals surface area contributed by atoms with Crippen LogP contribution in [0, 0.1) is 11.3 Å². The molecule has 3 heterocycles. The molecule has 4 rings (SSSR count). The lowest BCUT2D eigenvalue weighted by Crippen LogP contribution is -2.43. The highest BCUT2D eigenvalue weighted by molar-refractivity contribution is 6.09. The van der Waals surface area contributed by atoms with Crippen molar-refractivity contribution in [2.45, 2.75) is 31.4 Å². The molecular formula is C23H22F2N6O3. The molecule has 1 saturated heterocycles. The first-order valence-corrected chi connectivity index (χ1v) is 10.7. The minimum absolute atomic E-state index is 0.0573. The number of rotatable bonds is 5. The Morgan fingerprint density at radius 2 is 2.06 bits per heavy atom. The van der Waals surface area contributed by atoms with E-state index in [1.165, 1.54) is 18.5 Å². The highest BCUT2D eigenvalue weighted by Gasteiger charge is 2.47. The fourth-order valence-electron chi connectivity index (χ4n) is 4.05. The number of benzene rings is 1. The minimum Gasteiger partial charge on any atom is -0.343 e. The van der Waals surface area contributed by atoms with E-state index in [-0.39, 0.29) is 11.3 Å². The van der Waals surface area contributed by atoms with Crippen molar-refractivity contribution < 1.29 is 23.2 Å². The second-order valence-corrected chi connectivity index (χ2v) is 8.19. The van der Waals surface area contributed by atoms with Gasteiger partial charge in [-0.3, -0.25) is 19.4 Å². The second-order valence-electron chi connectivity index (χ2n) is 8.19. The predicted molar refractivity (Wildman–Crippen MR) is 117 cm³/mol. The number of carbonyl (C=O) groups is 3. The molecule has 2 aromatic rings. The van der Waals surface area contributed by atoms with Gasteiger partial charge in [0.05, 0.1) is 36.6 Å². The van der Waals surface area contributed by atoms with Crippen LogP contribution >= 0.6 is 0 Å². The third-order valence-electron chi connectivity index (χ3n) is 5.81. The number of halogens is 2. The van der Waals surface area contributed by atoms with E-state index in [1.807, 2.05) is 12.1 Å². The molecule has 0 radical (unpaired) electrons. The number of nitrogens with one attached hydrogen (secondary N) is 3. The Labute approximate surface area is 194 Å². The minimum atomic E-state index is -3.14. The summed E-state index contributed by atoms with van der Waals surface area (Å²) in [6.07, 6.45) is 2.73. The first-order valence-electron chi connectivity index (χ1n) is 10.7. The first-order chi connectivity index (χ1) is 16.3. The van der Waals surface area contributed by atoms with Crippen LogP contribution in [0.1, 0.15) is 38.3 Å². The summed E-state index contributed by atoms with van der Waals surface area (Å²) in [6, 6.07) is 7.21.